The SMILES string of the molecule is Cc1ccc(Sc2ccc(NC(=O)c3ccc(CS(C)(=O)=O)cc3)cc2)cc1C. The summed E-state index contributed by atoms with van der Waals surface area (Å²) < 4.78 is 22.7. The molecule has 0 saturated heterocycles. The van der Waals surface area contributed by atoms with Gasteiger partial charge in [-0.15, -0.1) is 0 Å². The summed E-state index contributed by atoms with van der Waals surface area (Å²) in [4.78, 5) is 14.7. The molecule has 150 valence electrons. The average molecular weight is 426 g/mol. The minimum Gasteiger partial charge on any atom is -0.322 e. The first kappa shape index (κ1) is 21.1. The number of rotatable bonds is 6. The van der Waals surface area contributed by atoms with Gasteiger partial charge in [0.05, 0.1) is 5.75 Å². The van der Waals surface area contributed by atoms with Gasteiger partial charge in [0, 0.05) is 27.3 Å². The molecule has 4 nitrogen and oxygen atoms in total. The van der Waals surface area contributed by atoms with Crippen LogP contribution in [0.25, 0.3) is 0 Å². The van der Waals surface area contributed by atoms with Crippen molar-refractivity contribution >= 4 is 33.2 Å². The zero-order chi connectivity index (χ0) is 21.0. The third-order valence-corrected chi connectivity index (χ3v) is 6.33. The summed E-state index contributed by atoms with van der Waals surface area (Å²) in [5.74, 6) is -0.264. The van der Waals surface area contributed by atoms with Crippen molar-refractivity contribution in [2.45, 2.75) is 29.4 Å². The Bertz CT molecular complexity index is 1120. The van der Waals surface area contributed by atoms with E-state index in [0.717, 1.165) is 4.90 Å². The molecule has 29 heavy (non-hydrogen) atoms. The first-order valence-electron chi connectivity index (χ1n) is 9.13. The van der Waals surface area contributed by atoms with Crippen LogP contribution in [0, 0.1) is 13.8 Å². The second-order valence-electron chi connectivity index (χ2n) is 7.09. The maximum absolute atomic E-state index is 12.4. The molecule has 0 fully saturated rings. The van der Waals surface area contributed by atoms with Crippen molar-refractivity contribution in [1.82, 2.24) is 0 Å². The number of hydrogen-bond donors (Lipinski definition) is 1. The molecule has 0 unspecified atom stereocenters. The summed E-state index contributed by atoms with van der Waals surface area (Å²) >= 11 is 1.68. The minimum absolute atomic E-state index is 0.0332. The number of nitrogens with one attached hydrogen (secondary N) is 1. The Morgan fingerprint density at radius 2 is 1.48 bits per heavy atom. The van der Waals surface area contributed by atoms with Crippen LogP contribution in [0.5, 0.6) is 0 Å². The van der Waals surface area contributed by atoms with Gasteiger partial charge in [-0.3, -0.25) is 4.79 Å². The van der Waals surface area contributed by atoms with Gasteiger partial charge < -0.3 is 5.32 Å². The van der Waals surface area contributed by atoms with Crippen molar-refractivity contribution in [2.75, 3.05) is 11.6 Å². The summed E-state index contributed by atoms with van der Waals surface area (Å²) in [6.07, 6.45) is 1.19. The second kappa shape index (κ2) is 8.84. The predicted molar refractivity (Wildman–Crippen MR) is 119 cm³/mol. The summed E-state index contributed by atoms with van der Waals surface area (Å²) in [6, 6.07) is 20.7. The number of sulfone groups is 1. The predicted octanol–water partition coefficient (Wildman–Crippen LogP) is 5.25. The summed E-state index contributed by atoms with van der Waals surface area (Å²) in [7, 11) is -3.09. The Labute approximate surface area is 176 Å². The van der Waals surface area contributed by atoms with Crippen LogP contribution in [0.15, 0.2) is 76.5 Å². The standard InChI is InChI=1S/C23H23NO3S2/c1-16-4-11-22(14-17(16)2)28-21-12-9-20(10-13-21)24-23(25)19-7-5-18(6-8-19)15-29(3,26)27/h4-14H,15H2,1-3H3,(H,24,25). The smallest absolute Gasteiger partial charge is 0.255 e. The maximum atomic E-state index is 12.4. The van der Waals surface area contributed by atoms with Gasteiger partial charge in [-0.05, 0) is 79.1 Å². The molecule has 1 N–H and O–H groups in total. The van der Waals surface area contributed by atoms with Crippen LogP contribution in [-0.2, 0) is 15.6 Å². The van der Waals surface area contributed by atoms with Gasteiger partial charge in [-0.1, -0.05) is 30.0 Å². The molecular formula is C23H23NO3S2. The fourth-order valence-electron chi connectivity index (χ4n) is 2.78. The molecule has 0 atom stereocenters. The normalized spacial score (nSPS) is 11.3. The van der Waals surface area contributed by atoms with Crippen LogP contribution >= 0.6 is 11.8 Å². The topological polar surface area (TPSA) is 63.2 Å². The minimum atomic E-state index is -3.09. The van der Waals surface area contributed by atoms with Crippen LogP contribution in [0.2, 0.25) is 0 Å². The molecule has 6 heteroatoms. The van der Waals surface area contributed by atoms with E-state index in [4.69, 9.17) is 0 Å². The third-order valence-electron chi connectivity index (χ3n) is 4.47. The van der Waals surface area contributed by atoms with E-state index in [1.165, 1.54) is 22.3 Å². The number of benzene rings is 3. The molecule has 0 radical (unpaired) electrons. The van der Waals surface area contributed by atoms with Crippen molar-refractivity contribution in [2.24, 2.45) is 0 Å². The molecular weight excluding hydrogens is 402 g/mol. The van der Waals surface area contributed by atoms with Gasteiger partial charge >= 0.3 is 0 Å². The highest BCUT2D eigenvalue weighted by Crippen LogP contribution is 2.30. The highest BCUT2D eigenvalue weighted by atomic mass is 32.2. The molecule has 0 aromatic heterocycles. The summed E-state index contributed by atoms with van der Waals surface area (Å²) in [5, 5.41) is 2.87. The lowest BCUT2D eigenvalue weighted by molar-refractivity contribution is 0.102. The molecule has 0 spiro atoms. The number of carbonyl (C=O) groups is 1. The number of hydrogen-bond acceptors (Lipinski definition) is 4. The lowest BCUT2D eigenvalue weighted by Crippen LogP contribution is -2.12. The van der Waals surface area contributed by atoms with Crippen LogP contribution in [0.1, 0.15) is 27.0 Å². The highest BCUT2D eigenvalue weighted by Gasteiger charge is 2.09. The largest absolute Gasteiger partial charge is 0.322 e. The molecule has 0 aliphatic heterocycles. The van der Waals surface area contributed by atoms with Gasteiger partial charge in [0.15, 0.2) is 9.84 Å². The van der Waals surface area contributed by atoms with Gasteiger partial charge in [0.2, 0.25) is 0 Å². The van der Waals surface area contributed by atoms with E-state index in [-0.39, 0.29) is 11.7 Å². The quantitative estimate of drug-likeness (QED) is 0.586. The first-order chi connectivity index (χ1) is 13.7. The Hall–Kier alpha value is -2.57. The van der Waals surface area contributed by atoms with Crippen LogP contribution < -0.4 is 5.32 Å². The monoisotopic (exact) mass is 425 g/mol. The molecule has 0 aliphatic rings. The zero-order valence-electron chi connectivity index (χ0n) is 16.6. The molecule has 1 amide bonds. The van der Waals surface area contributed by atoms with Crippen molar-refractivity contribution in [3.05, 3.63) is 89.0 Å². The average Bonchev–Trinajstić information content (AvgIpc) is 2.65. The number of amides is 1. The molecule has 3 rings (SSSR count). The van der Waals surface area contributed by atoms with Gasteiger partial charge in [0.1, 0.15) is 0 Å². The van der Waals surface area contributed by atoms with Gasteiger partial charge in [0.25, 0.3) is 5.91 Å². The van der Waals surface area contributed by atoms with Crippen molar-refractivity contribution < 1.29 is 13.2 Å². The maximum Gasteiger partial charge on any atom is 0.255 e. The Kier molecular flexibility index (Phi) is 6.45. The molecule has 0 heterocycles. The van der Waals surface area contributed by atoms with Crippen molar-refractivity contribution in [3.8, 4) is 0 Å². The van der Waals surface area contributed by atoms with E-state index in [9.17, 15) is 13.2 Å². The van der Waals surface area contributed by atoms with Crippen LogP contribution in [0.3, 0.4) is 0 Å². The van der Waals surface area contributed by atoms with Crippen LogP contribution in [0.4, 0.5) is 5.69 Å². The van der Waals surface area contributed by atoms with E-state index in [0.29, 0.717) is 16.8 Å². The number of anilines is 1. The molecule has 3 aromatic carbocycles. The highest BCUT2D eigenvalue weighted by molar-refractivity contribution is 7.99. The van der Waals surface area contributed by atoms with Gasteiger partial charge in [-0.25, -0.2) is 8.42 Å². The van der Waals surface area contributed by atoms with E-state index in [2.05, 4.69) is 37.4 Å². The Morgan fingerprint density at radius 3 is 2.07 bits per heavy atom. The third kappa shape index (κ3) is 6.21. The van der Waals surface area contributed by atoms with E-state index < -0.39 is 9.84 Å². The summed E-state index contributed by atoms with van der Waals surface area (Å²) in [6.45, 7) is 4.20. The Balaban J connectivity index is 1.63. The van der Waals surface area contributed by atoms with Crippen molar-refractivity contribution in [1.29, 1.82) is 0 Å². The van der Waals surface area contributed by atoms with Crippen molar-refractivity contribution in [3.63, 3.8) is 0 Å². The fourth-order valence-corrected chi connectivity index (χ4v) is 4.49. The van der Waals surface area contributed by atoms with E-state index >= 15 is 0 Å². The van der Waals surface area contributed by atoms with E-state index in [1.807, 2.05) is 24.3 Å². The van der Waals surface area contributed by atoms with Gasteiger partial charge in [-0.2, -0.15) is 0 Å². The molecule has 0 saturated carbocycles. The molecule has 0 aliphatic carbocycles. The fraction of sp³-hybridized carbons (Fsp3) is 0.174. The number of carbonyl (C=O) groups excluding carboxylic acids is 1. The molecule has 0 bridgehead atoms. The van der Waals surface area contributed by atoms with E-state index in [1.54, 1.807) is 36.0 Å². The molecule has 3 aromatic rings. The van der Waals surface area contributed by atoms with Crippen LogP contribution in [-0.4, -0.2) is 20.6 Å². The lowest BCUT2D eigenvalue weighted by Gasteiger charge is -2.08. The summed E-state index contributed by atoms with van der Waals surface area (Å²) in [5.41, 5.74) is 4.39. The second-order valence-corrected chi connectivity index (χ2v) is 10.4. The lowest BCUT2D eigenvalue weighted by atomic mass is 10.1. The number of aryl methyl sites for hydroxylation is 2. The first-order valence-corrected chi connectivity index (χ1v) is 12.0. The Morgan fingerprint density at radius 1 is 0.862 bits per heavy atom. The zero-order valence-corrected chi connectivity index (χ0v) is 18.2.